The Labute approximate surface area is 200 Å². The fourth-order valence-corrected chi connectivity index (χ4v) is 3.72. The van der Waals surface area contributed by atoms with Gasteiger partial charge in [-0.3, -0.25) is 9.59 Å². The highest BCUT2D eigenvalue weighted by molar-refractivity contribution is 6.30. The molecule has 0 aliphatic carbocycles. The van der Waals surface area contributed by atoms with Crippen LogP contribution < -0.4 is 10.1 Å². The van der Waals surface area contributed by atoms with Crippen molar-refractivity contribution in [2.24, 2.45) is 0 Å². The molecule has 3 rings (SSSR count). The van der Waals surface area contributed by atoms with E-state index in [0.29, 0.717) is 31.0 Å². The average molecular weight is 465 g/mol. The lowest BCUT2D eigenvalue weighted by Crippen LogP contribution is -2.50. The second-order valence-electron chi connectivity index (χ2n) is 7.77. The van der Waals surface area contributed by atoms with Crippen LogP contribution in [0.25, 0.3) is 0 Å². The molecule has 0 aliphatic rings. The predicted octanol–water partition coefficient (Wildman–Crippen LogP) is 5.01. The van der Waals surface area contributed by atoms with E-state index in [0.717, 1.165) is 22.4 Å². The SMILES string of the molecule is CCC(=O)N(Cc1ccc(Cl)cc1)[C@@H](Cc1ccccc1)C(=O)NCc1ccc(OC)cc1. The molecule has 5 nitrogen and oxygen atoms in total. The monoisotopic (exact) mass is 464 g/mol. The Morgan fingerprint density at radius 1 is 0.909 bits per heavy atom. The molecular formula is C27H29ClN2O3. The minimum Gasteiger partial charge on any atom is -0.497 e. The van der Waals surface area contributed by atoms with Crippen LogP contribution in [0.15, 0.2) is 78.9 Å². The van der Waals surface area contributed by atoms with Crippen LogP contribution in [-0.2, 0) is 29.1 Å². The van der Waals surface area contributed by atoms with Crippen molar-refractivity contribution in [2.75, 3.05) is 7.11 Å². The number of methoxy groups -OCH3 is 1. The number of amides is 2. The van der Waals surface area contributed by atoms with Gasteiger partial charge < -0.3 is 15.0 Å². The molecule has 172 valence electrons. The molecule has 3 aromatic rings. The summed E-state index contributed by atoms with van der Waals surface area (Å²) < 4.78 is 5.19. The summed E-state index contributed by atoms with van der Waals surface area (Å²) in [5.41, 5.74) is 2.86. The number of hydrogen-bond donors (Lipinski definition) is 1. The standard InChI is InChI=1S/C27H29ClN2O3/c1-3-26(31)30(19-22-9-13-23(28)14-10-22)25(17-20-7-5-4-6-8-20)27(32)29-18-21-11-15-24(33-2)16-12-21/h4-16,25H,3,17-19H2,1-2H3,(H,29,32)/t25-/m0/s1. The van der Waals surface area contributed by atoms with E-state index in [1.807, 2.05) is 73.7 Å². The van der Waals surface area contributed by atoms with Gasteiger partial charge in [-0.25, -0.2) is 0 Å². The average Bonchev–Trinajstić information content (AvgIpc) is 2.86. The first-order chi connectivity index (χ1) is 16.0. The van der Waals surface area contributed by atoms with E-state index < -0.39 is 6.04 Å². The van der Waals surface area contributed by atoms with Gasteiger partial charge in [-0.2, -0.15) is 0 Å². The van der Waals surface area contributed by atoms with Gasteiger partial charge in [0.05, 0.1) is 7.11 Å². The number of carbonyl (C=O) groups excluding carboxylic acids is 2. The largest absolute Gasteiger partial charge is 0.497 e. The third-order valence-corrected chi connectivity index (χ3v) is 5.72. The first-order valence-corrected chi connectivity index (χ1v) is 11.4. The second-order valence-corrected chi connectivity index (χ2v) is 8.21. The summed E-state index contributed by atoms with van der Waals surface area (Å²) >= 11 is 6.02. The van der Waals surface area contributed by atoms with Crippen LogP contribution in [0.2, 0.25) is 5.02 Å². The van der Waals surface area contributed by atoms with Gasteiger partial charge in [0.2, 0.25) is 11.8 Å². The Balaban J connectivity index is 1.83. The number of benzene rings is 3. The quantitative estimate of drug-likeness (QED) is 0.458. The number of carbonyl (C=O) groups is 2. The molecule has 6 heteroatoms. The van der Waals surface area contributed by atoms with Crippen LogP contribution in [0.4, 0.5) is 0 Å². The lowest BCUT2D eigenvalue weighted by atomic mass is 10.0. The van der Waals surface area contributed by atoms with Crippen molar-refractivity contribution in [1.29, 1.82) is 0 Å². The summed E-state index contributed by atoms with van der Waals surface area (Å²) in [6.07, 6.45) is 0.735. The molecule has 2 amide bonds. The maximum Gasteiger partial charge on any atom is 0.243 e. The Bertz CT molecular complexity index is 1040. The smallest absolute Gasteiger partial charge is 0.243 e. The third kappa shape index (κ3) is 7.09. The number of halogens is 1. The number of nitrogens with one attached hydrogen (secondary N) is 1. The molecule has 0 fully saturated rings. The first kappa shape index (κ1) is 24.3. The van der Waals surface area contributed by atoms with Gasteiger partial charge in [-0.15, -0.1) is 0 Å². The molecule has 0 radical (unpaired) electrons. The Kier molecular flexibility index (Phi) is 8.90. The van der Waals surface area contributed by atoms with E-state index in [2.05, 4.69) is 5.32 Å². The van der Waals surface area contributed by atoms with Crippen molar-refractivity contribution >= 4 is 23.4 Å². The zero-order valence-corrected chi connectivity index (χ0v) is 19.7. The topological polar surface area (TPSA) is 58.6 Å². The van der Waals surface area contributed by atoms with E-state index in [1.54, 1.807) is 24.1 Å². The minimum absolute atomic E-state index is 0.0783. The van der Waals surface area contributed by atoms with Crippen molar-refractivity contribution < 1.29 is 14.3 Å². The molecule has 0 unspecified atom stereocenters. The molecule has 0 bridgehead atoms. The summed E-state index contributed by atoms with van der Waals surface area (Å²) in [6, 6.07) is 24.0. The number of ether oxygens (including phenoxy) is 1. The van der Waals surface area contributed by atoms with E-state index in [9.17, 15) is 9.59 Å². The fourth-order valence-electron chi connectivity index (χ4n) is 3.59. The van der Waals surface area contributed by atoms with Gasteiger partial charge in [0.1, 0.15) is 11.8 Å². The van der Waals surface area contributed by atoms with E-state index in [1.165, 1.54) is 0 Å². The first-order valence-electron chi connectivity index (χ1n) is 11.0. The second kappa shape index (κ2) is 12.1. The van der Waals surface area contributed by atoms with Crippen LogP contribution in [-0.4, -0.2) is 29.9 Å². The van der Waals surface area contributed by atoms with Gasteiger partial charge in [0.25, 0.3) is 0 Å². The van der Waals surface area contributed by atoms with Crippen LogP contribution >= 0.6 is 11.6 Å². The molecule has 0 saturated heterocycles. The summed E-state index contributed by atoms with van der Waals surface area (Å²) in [5, 5.41) is 3.65. The Hall–Kier alpha value is -3.31. The zero-order chi connectivity index (χ0) is 23.6. The van der Waals surface area contributed by atoms with Crippen molar-refractivity contribution in [3.8, 4) is 5.75 Å². The zero-order valence-electron chi connectivity index (χ0n) is 19.0. The highest BCUT2D eigenvalue weighted by atomic mass is 35.5. The third-order valence-electron chi connectivity index (χ3n) is 5.47. The molecule has 0 heterocycles. The maximum atomic E-state index is 13.4. The lowest BCUT2D eigenvalue weighted by molar-refractivity contribution is -0.141. The molecule has 1 N–H and O–H groups in total. The van der Waals surface area contributed by atoms with Gasteiger partial charge in [-0.1, -0.05) is 73.1 Å². The highest BCUT2D eigenvalue weighted by Crippen LogP contribution is 2.18. The molecule has 0 spiro atoms. The molecule has 0 aromatic heterocycles. The van der Waals surface area contributed by atoms with Crippen LogP contribution in [0.3, 0.4) is 0 Å². The normalized spacial score (nSPS) is 11.5. The molecule has 3 aromatic carbocycles. The van der Waals surface area contributed by atoms with E-state index in [-0.39, 0.29) is 11.8 Å². The summed E-state index contributed by atoms with van der Waals surface area (Å²) in [6.45, 7) is 2.51. The predicted molar refractivity (Wildman–Crippen MR) is 131 cm³/mol. The molecular weight excluding hydrogens is 436 g/mol. The van der Waals surface area contributed by atoms with Gasteiger partial charge >= 0.3 is 0 Å². The number of rotatable bonds is 10. The molecule has 0 saturated carbocycles. The van der Waals surface area contributed by atoms with Crippen molar-refractivity contribution in [3.63, 3.8) is 0 Å². The summed E-state index contributed by atoms with van der Waals surface area (Å²) in [7, 11) is 1.62. The van der Waals surface area contributed by atoms with Gasteiger partial charge in [0, 0.05) is 31.0 Å². The van der Waals surface area contributed by atoms with Crippen molar-refractivity contribution in [3.05, 3.63) is 101 Å². The van der Waals surface area contributed by atoms with Crippen molar-refractivity contribution in [2.45, 2.75) is 38.9 Å². The molecule has 0 aliphatic heterocycles. The summed E-state index contributed by atoms with van der Waals surface area (Å²) in [4.78, 5) is 28.0. The maximum absolute atomic E-state index is 13.4. The lowest BCUT2D eigenvalue weighted by Gasteiger charge is -2.31. The molecule has 33 heavy (non-hydrogen) atoms. The summed E-state index contributed by atoms with van der Waals surface area (Å²) in [5.74, 6) is 0.491. The van der Waals surface area contributed by atoms with Crippen molar-refractivity contribution in [1.82, 2.24) is 10.2 Å². The number of hydrogen-bond acceptors (Lipinski definition) is 3. The molecule has 1 atom stereocenters. The van der Waals surface area contributed by atoms with Crippen LogP contribution in [0.5, 0.6) is 5.75 Å². The van der Waals surface area contributed by atoms with Gasteiger partial charge in [0.15, 0.2) is 0 Å². The van der Waals surface area contributed by atoms with Crippen LogP contribution in [0, 0.1) is 0 Å². The van der Waals surface area contributed by atoms with E-state index in [4.69, 9.17) is 16.3 Å². The van der Waals surface area contributed by atoms with Gasteiger partial charge in [-0.05, 0) is 41.0 Å². The minimum atomic E-state index is -0.645. The number of nitrogens with zero attached hydrogens (tertiary/aromatic N) is 1. The van der Waals surface area contributed by atoms with Crippen LogP contribution in [0.1, 0.15) is 30.0 Å². The fraction of sp³-hybridized carbons (Fsp3) is 0.259. The Morgan fingerprint density at radius 3 is 2.15 bits per heavy atom. The van der Waals surface area contributed by atoms with E-state index >= 15 is 0 Å². The highest BCUT2D eigenvalue weighted by Gasteiger charge is 2.29. The Morgan fingerprint density at radius 2 is 1.55 bits per heavy atom.